The van der Waals surface area contributed by atoms with Crippen LogP contribution in [0.25, 0.3) is 0 Å². The van der Waals surface area contributed by atoms with Crippen molar-refractivity contribution in [3.63, 3.8) is 0 Å². The van der Waals surface area contributed by atoms with Crippen molar-refractivity contribution in [3.05, 3.63) is 0 Å². The molecule has 0 atom stereocenters. The van der Waals surface area contributed by atoms with E-state index in [2.05, 4.69) is 10.3 Å². The van der Waals surface area contributed by atoms with Crippen LogP contribution in [-0.2, 0) is 0 Å². The molecule has 1 aliphatic carbocycles. The molecular formula is C8H17N3O. The fourth-order valence-corrected chi connectivity index (χ4v) is 1.50. The number of hydrogen-bond donors (Lipinski definition) is 3. The lowest BCUT2D eigenvalue weighted by Gasteiger charge is -2.11. The van der Waals surface area contributed by atoms with Crippen LogP contribution < -0.4 is 11.1 Å². The summed E-state index contributed by atoms with van der Waals surface area (Å²) in [6, 6.07) is 0.507. The zero-order valence-corrected chi connectivity index (χ0v) is 7.29. The van der Waals surface area contributed by atoms with Gasteiger partial charge in [-0.3, -0.25) is 4.99 Å². The number of aliphatic hydroxyl groups is 1. The standard InChI is InChI=1S/C8H17N3O/c9-8(10-5-6-12)11-7-3-1-2-4-7/h7,12H,1-6H2,(H3,9,10,11). The van der Waals surface area contributed by atoms with Gasteiger partial charge in [-0.2, -0.15) is 0 Å². The van der Waals surface area contributed by atoms with Gasteiger partial charge in [-0.05, 0) is 12.8 Å². The molecular weight excluding hydrogens is 154 g/mol. The van der Waals surface area contributed by atoms with Crippen molar-refractivity contribution < 1.29 is 5.11 Å². The lowest BCUT2D eigenvalue weighted by molar-refractivity contribution is 0.306. The first-order chi connectivity index (χ1) is 5.83. The highest BCUT2D eigenvalue weighted by molar-refractivity contribution is 5.78. The minimum Gasteiger partial charge on any atom is -0.394 e. The second-order valence-electron chi connectivity index (χ2n) is 3.12. The number of nitrogens with two attached hydrogens (primary N) is 1. The molecule has 1 saturated carbocycles. The van der Waals surface area contributed by atoms with E-state index in [1.54, 1.807) is 0 Å². The number of hydrogen-bond acceptors (Lipinski definition) is 2. The Morgan fingerprint density at radius 2 is 2.17 bits per heavy atom. The van der Waals surface area contributed by atoms with Crippen molar-refractivity contribution in [1.82, 2.24) is 5.32 Å². The summed E-state index contributed by atoms with van der Waals surface area (Å²) in [6.07, 6.45) is 4.95. The van der Waals surface area contributed by atoms with Gasteiger partial charge < -0.3 is 16.2 Å². The summed E-state index contributed by atoms with van der Waals surface area (Å²) in [7, 11) is 0. The molecule has 0 saturated heterocycles. The smallest absolute Gasteiger partial charge is 0.188 e. The van der Waals surface area contributed by atoms with Gasteiger partial charge in [-0.1, -0.05) is 12.8 Å². The first-order valence-electron chi connectivity index (χ1n) is 4.50. The minimum atomic E-state index is 0.0625. The van der Waals surface area contributed by atoms with Gasteiger partial charge in [-0.25, -0.2) is 0 Å². The van der Waals surface area contributed by atoms with Gasteiger partial charge in [0.1, 0.15) is 0 Å². The molecule has 0 aromatic carbocycles. The summed E-state index contributed by atoms with van der Waals surface area (Å²) in [5, 5.41) is 11.6. The highest BCUT2D eigenvalue weighted by Crippen LogP contribution is 2.17. The zero-order chi connectivity index (χ0) is 8.81. The normalized spacial score (nSPS) is 19.9. The minimum absolute atomic E-state index is 0.0625. The molecule has 0 aromatic heterocycles. The third-order valence-corrected chi connectivity index (χ3v) is 2.09. The second kappa shape index (κ2) is 4.98. The van der Waals surface area contributed by atoms with Crippen molar-refractivity contribution in [3.8, 4) is 0 Å². The van der Waals surface area contributed by atoms with Gasteiger partial charge in [0.15, 0.2) is 5.96 Å². The Morgan fingerprint density at radius 3 is 2.75 bits per heavy atom. The summed E-state index contributed by atoms with van der Waals surface area (Å²) >= 11 is 0. The Balaban J connectivity index is 2.19. The molecule has 0 spiro atoms. The molecule has 4 heteroatoms. The van der Waals surface area contributed by atoms with Crippen molar-refractivity contribution in [2.45, 2.75) is 31.7 Å². The summed E-state index contributed by atoms with van der Waals surface area (Å²) in [5.41, 5.74) is 5.57. The van der Waals surface area contributed by atoms with Crippen LogP contribution in [0.1, 0.15) is 25.7 Å². The molecule has 70 valence electrons. The first-order valence-corrected chi connectivity index (χ1v) is 4.50. The maximum Gasteiger partial charge on any atom is 0.188 e. The van der Waals surface area contributed by atoms with E-state index < -0.39 is 0 Å². The molecule has 0 radical (unpaired) electrons. The van der Waals surface area contributed by atoms with Crippen LogP contribution in [0, 0.1) is 0 Å². The number of rotatable bonds is 3. The van der Waals surface area contributed by atoms with Crippen LogP contribution in [0.15, 0.2) is 4.99 Å². The molecule has 0 amide bonds. The summed E-state index contributed by atoms with van der Waals surface area (Å²) in [6.45, 7) is 0.457. The number of aliphatic imine (C=N–C) groups is 1. The molecule has 12 heavy (non-hydrogen) atoms. The van der Waals surface area contributed by atoms with Crippen molar-refractivity contribution in [2.75, 3.05) is 13.2 Å². The monoisotopic (exact) mass is 171 g/mol. The topological polar surface area (TPSA) is 70.6 Å². The average Bonchev–Trinajstić information content (AvgIpc) is 2.53. The maximum atomic E-state index is 8.49. The fourth-order valence-electron chi connectivity index (χ4n) is 1.50. The number of aliphatic hydroxyl groups excluding tert-OH is 1. The van der Waals surface area contributed by atoms with E-state index in [-0.39, 0.29) is 6.61 Å². The molecule has 0 heterocycles. The highest BCUT2D eigenvalue weighted by atomic mass is 16.3. The van der Waals surface area contributed by atoms with E-state index in [1.807, 2.05) is 0 Å². The van der Waals surface area contributed by atoms with Gasteiger partial charge in [0.2, 0.25) is 0 Å². The molecule has 0 aliphatic heterocycles. The van der Waals surface area contributed by atoms with E-state index >= 15 is 0 Å². The largest absolute Gasteiger partial charge is 0.394 e. The van der Waals surface area contributed by atoms with E-state index in [0.717, 1.165) is 0 Å². The number of guanidine groups is 1. The molecule has 4 N–H and O–H groups in total. The fraction of sp³-hybridized carbons (Fsp3) is 0.875. The van der Waals surface area contributed by atoms with Crippen LogP contribution >= 0.6 is 0 Å². The van der Waals surface area contributed by atoms with Crippen molar-refractivity contribution in [1.29, 1.82) is 0 Å². The van der Waals surface area contributed by atoms with Gasteiger partial charge in [0.25, 0.3) is 0 Å². The number of nitrogens with zero attached hydrogens (tertiary/aromatic N) is 1. The van der Waals surface area contributed by atoms with Crippen LogP contribution in [0.3, 0.4) is 0 Å². The lowest BCUT2D eigenvalue weighted by atomic mass is 10.2. The Kier molecular flexibility index (Phi) is 3.87. The highest BCUT2D eigenvalue weighted by Gasteiger charge is 2.14. The Bertz CT molecular complexity index is 152. The zero-order valence-electron chi connectivity index (χ0n) is 7.29. The van der Waals surface area contributed by atoms with Crippen LogP contribution in [0.4, 0.5) is 0 Å². The third kappa shape index (κ3) is 3.09. The summed E-state index contributed by atoms with van der Waals surface area (Å²) < 4.78 is 0. The first kappa shape index (κ1) is 9.32. The van der Waals surface area contributed by atoms with Gasteiger partial charge in [0.05, 0.1) is 13.2 Å². The lowest BCUT2D eigenvalue weighted by Crippen LogP contribution is -2.38. The van der Waals surface area contributed by atoms with Crippen LogP contribution in [0.5, 0.6) is 0 Å². The molecule has 0 bridgehead atoms. The molecule has 0 aromatic rings. The van der Waals surface area contributed by atoms with Crippen molar-refractivity contribution >= 4 is 5.96 Å². The predicted octanol–water partition coefficient (Wildman–Crippen LogP) is -0.174. The summed E-state index contributed by atoms with van der Waals surface area (Å²) in [4.78, 5) is 3.94. The van der Waals surface area contributed by atoms with E-state index in [9.17, 15) is 0 Å². The van der Waals surface area contributed by atoms with E-state index in [0.29, 0.717) is 18.5 Å². The summed E-state index contributed by atoms with van der Waals surface area (Å²) in [5.74, 6) is 0.468. The Hall–Kier alpha value is -0.770. The van der Waals surface area contributed by atoms with Crippen LogP contribution in [-0.4, -0.2) is 30.3 Å². The molecule has 1 rings (SSSR count). The number of nitrogens with one attached hydrogen (secondary N) is 1. The quantitative estimate of drug-likeness (QED) is 0.407. The van der Waals surface area contributed by atoms with Gasteiger partial charge in [-0.15, -0.1) is 0 Å². The average molecular weight is 171 g/mol. The van der Waals surface area contributed by atoms with E-state index in [1.165, 1.54) is 25.7 Å². The van der Waals surface area contributed by atoms with Crippen LogP contribution in [0.2, 0.25) is 0 Å². The molecule has 4 nitrogen and oxygen atoms in total. The van der Waals surface area contributed by atoms with Gasteiger partial charge >= 0.3 is 0 Å². The third-order valence-electron chi connectivity index (χ3n) is 2.09. The molecule has 1 aliphatic rings. The SMILES string of the molecule is NC(=NCCO)NC1CCCC1. The Labute approximate surface area is 72.9 Å². The van der Waals surface area contributed by atoms with E-state index in [4.69, 9.17) is 10.8 Å². The second-order valence-corrected chi connectivity index (χ2v) is 3.12. The molecule has 1 fully saturated rings. The molecule has 0 unspecified atom stereocenters. The predicted molar refractivity (Wildman–Crippen MR) is 49.0 cm³/mol. The Morgan fingerprint density at radius 1 is 1.50 bits per heavy atom. The van der Waals surface area contributed by atoms with Crippen molar-refractivity contribution in [2.24, 2.45) is 10.7 Å². The van der Waals surface area contributed by atoms with Gasteiger partial charge in [0, 0.05) is 6.04 Å². The maximum absolute atomic E-state index is 8.49.